The largest absolute Gasteiger partial charge is 0.497 e. The molecule has 0 bridgehead atoms. The summed E-state index contributed by atoms with van der Waals surface area (Å²) in [7, 11) is -0.373. The zero-order valence-corrected chi connectivity index (χ0v) is 15.0. The lowest BCUT2D eigenvalue weighted by molar-refractivity contribution is -0.121. The van der Waals surface area contributed by atoms with Crippen molar-refractivity contribution in [2.45, 2.75) is 32.2 Å². The van der Waals surface area contributed by atoms with Crippen LogP contribution in [-0.2, 0) is 14.8 Å². The van der Waals surface area contributed by atoms with Crippen LogP contribution in [0.1, 0.15) is 37.8 Å². The molecule has 1 amide bonds. The Morgan fingerprint density at radius 3 is 2.39 bits per heavy atom. The van der Waals surface area contributed by atoms with Crippen LogP contribution in [-0.4, -0.2) is 45.6 Å². The van der Waals surface area contributed by atoms with Crippen LogP contribution in [0.15, 0.2) is 24.3 Å². The van der Waals surface area contributed by atoms with Gasteiger partial charge in [0.05, 0.1) is 26.0 Å². The standard InChI is InChI=1S/C16H26N2O4S/c1-5-6-7-15(13-8-10-14(22-3)11-9-13)17-16(19)12-18(2)23(4,20)21/h8-11,15H,5-7,12H2,1-4H3,(H,17,19). The van der Waals surface area contributed by atoms with Gasteiger partial charge in [-0.15, -0.1) is 0 Å². The van der Waals surface area contributed by atoms with Crippen LogP contribution in [0.25, 0.3) is 0 Å². The Labute approximate surface area is 138 Å². The average molecular weight is 342 g/mol. The Bertz CT molecular complexity index is 599. The van der Waals surface area contributed by atoms with E-state index >= 15 is 0 Å². The molecule has 1 unspecified atom stereocenters. The predicted octanol–water partition coefficient (Wildman–Crippen LogP) is 1.93. The minimum atomic E-state index is -3.37. The van der Waals surface area contributed by atoms with Gasteiger partial charge >= 0.3 is 0 Å². The number of hydrogen-bond acceptors (Lipinski definition) is 4. The van der Waals surface area contributed by atoms with E-state index in [4.69, 9.17) is 4.74 Å². The summed E-state index contributed by atoms with van der Waals surface area (Å²) < 4.78 is 29.0. The van der Waals surface area contributed by atoms with Crippen molar-refractivity contribution in [3.8, 4) is 5.75 Å². The molecule has 0 heterocycles. The third-order valence-electron chi connectivity index (χ3n) is 3.63. The molecule has 0 radical (unpaired) electrons. The maximum absolute atomic E-state index is 12.1. The molecular weight excluding hydrogens is 316 g/mol. The van der Waals surface area contributed by atoms with Gasteiger partial charge in [0.15, 0.2) is 0 Å². The van der Waals surface area contributed by atoms with Crippen LogP contribution in [0.2, 0.25) is 0 Å². The first kappa shape index (κ1) is 19.4. The van der Waals surface area contributed by atoms with Crippen LogP contribution in [0, 0.1) is 0 Å². The fraction of sp³-hybridized carbons (Fsp3) is 0.562. The molecule has 1 N–H and O–H groups in total. The van der Waals surface area contributed by atoms with E-state index in [0.29, 0.717) is 0 Å². The Hall–Kier alpha value is -1.60. The second-order valence-electron chi connectivity index (χ2n) is 5.55. The molecule has 0 saturated carbocycles. The first-order valence-corrected chi connectivity index (χ1v) is 9.47. The summed E-state index contributed by atoms with van der Waals surface area (Å²) in [5.74, 6) is 0.445. The zero-order valence-electron chi connectivity index (χ0n) is 14.2. The van der Waals surface area contributed by atoms with Crippen molar-refractivity contribution in [3.63, 3.8) is 0 Å². The van der Waals surface area contributed by atoms with Crippen molar-refractivity contribution in [3.05, 3.63) is 29.8 Å². The number of hydrogen-bond donors (Lipinski definition) is 1. The van der Waals surface area contributed by atoms with Crippen LogP contribution in [0.4, 0.5) is 0 Å². The van der Waals surface area contributed by atoms with Gasteiger partial charge in [-0.3, -0.25) is 4.79 Å². The second kappa shape index (κ2) is 8.88. The lowest BCUT2D eigenvalue weighted by Gasteiger charge is -2.21. The number of benzene rings is 1. The minimum Gasteiger partial charge on any atom is -0.497 e. The van der Waals surface area contributed by atoms with Gasteiger partial charge in [0.2, 0.25) is 15.9 Å². The topological polar surface area (TPSA) is 75.7 Å². The van der Waals surface area contributed by atoms with E-state index in [2.05, 4.69) is 12.2 Å². The summed E-state index contributed by atoms with van der Waals surface area (Å²) in [5.41, 5.74) is 0.981. The highest BCUT2D eigenvalue weighted by Gasteiger charge is 2.19. The maximum atomic E-state index is 12.1. The Kier molecular flexibility index (Phi) is 7.51. The number of likely N-dealkylation sites (N-methyl/N-ethyl adjacent to an activating group) is 1. The Morgan fingerprint density at radius 2 is 1.91 bits per heavy atom. The van der Waals surface area contributed by atoms with E-state index in [1.807, 2.05) is 24.3 Å². The molecule has 130 valence electrons. The van der Waals surface area contributed by atoms with Crippen molar-refractivity contribution in [1.29, 1.82) is 0 Å². The fourth-order valence-corrected chi connectivity index (χ4v) is 2.48. The number of methoxy groups -OCH3 is 1. The quantitative estimate of drug-likeness (QED) is 0.744. The van der Waals surface area contributed by atoms with Crippen LogP contribution >= 0.6 is 0 Å². The van der Waals surface area contributed by atoms with Gasteiger partial charge < -0.3 is 10.1 Å². The Morgan fingerprint density at radius 1 is 1.30 bits per heavy atom. The summed E-state index contributed by atoms with van der Waals surface area (Å²) >= 11 is 0. The highest BCUT2D eigenvalue weighted by molar-refractivity contribution is 7.88. The van der Waals surface area contributed by atoms with Crippen LogP contribution in [0.3, 0.4) is 0 Å². The van der Waals surface area contributed by atoms with Gasteiger partial charge in [-0.1, -0.05) is 31.9 Å². The van der Waals surface area contributed by atoms with Gasteiger partial charge in [0.25, 0.3) is 0 Å². The van der Waals surface area contributed by atoms with Gasteiger partial charge in [-0.2, -0.15) is 4.31 Å². The fourth-order valence-electron chi connectivity index (χ4n) is 2.13. The monoisotopic (exact) mass is 342 g/mol. The molecule has 0 aliphatic heterocycles. The molecule has 0 saturated heterocycles. The second-order valence-corrected chi connectivity index (χ2v) is 7.64. The van der Waals surface area contributed by atoms with E-state index in [-0.39, 0.29) is 18.5 Å². The maximum Gasteiger partial charge on any atom is 0.235 e. The van der Waals surface area contributed by atoms with Crippen molar-refractivity contribution < 1.29 is 17.9 Å². The van der Waals surface area contributed by atoms with Crippen LogP contribution in [0.5, 0.6) is 5.75 Å². The number of rotatable bonds is 9. The minimum absolute atomic E-state index is 0.138. The van der Waals surface area contributed by atoms with Gasteiger partial charge in [0.1, 0.15) is 5.75 Å². The van der Waals surface area contributed by atoms with Crippen molar-refractivity contribution in [2.75, 3.05) is 27.0 Å². The molecule has 0 aliphatic rings. The average Bonchev–Trinajstić information content (AvgIpc) is 2.50. The lowest BCUT2D eigenvalue weighted by Crippen LogP contribution is -2.39. The molecule has 1 atom stereocenters. The van der Waals surface area contributed by atoms with E-state index in [0.717, 1.165) is 41.1 Å². The summed E-state index contributed by atoms with van der Waals surface area (Å²) in [6, 6.07) is 7.40. The molecule has 0 spiro atoms. The van der Waals surface area contributed by atoms with Gasteiger partial charge in [-0.25, -0.2) is 8.42 Å². The molecule has 1 aromatic rings. The molecule has 0 aromatic heterocycles. The number of unbranched alkanes of at least 4 members (excludes halogenated alkanes) is 1. The number of sulfonamides is 1. The van der Waals surface area contributed by atoms with E-state index in [1.165, 1.54) is 7.05 Å². The number of carbonyl (C=O) groups excluding carboxylic acids is 1. The number of nitrogens with zero attached hydrogens (tertiary/aromatic N) is 1. The normalized spacial score (nSPS) is 12.9. The summed E-state index contributed by atoms with van der Waals surface area (Å²) in [5, 5.41) is 2.92. The van der Waals surface area contributed by atoms with Crippen molar-refractivity contribution in [2.24, 2.45) is 0 Å². The third-order valence-corrected chi connectivity index (χ3v) is 4.89. The highest BCUT2D eigenvalue weighted by Crippen LogP contribution is 2.22. The lowest BCUT2D eigenvalue weighted by atomic mass is 10.0. The molecule has 0 aliphatic carbocycles. The number of amides is 1. The Balaban J connectivity index is 2.79. The smallest absolute Gasteiger partial charge is 0.235 e. The zero-order chi connectivity index (χ0) is 17.5. The molecule has 7 heteroatoms. The first-order chi connectivity index (χ1) is 10.8. The molecule has 1 aromatic carbocycles. The van der Waals surface area contributed by atoms with Crippen molar-refractivity contribution >= 4 is 15.9 Å². The van der Waals surface area contributed by atoms with Gasteiger partial charge in [0, 0.05) is 7.05 Å². The van der Waals surface area contributed by atoms with E-state index < -0.39 is 10.0 Å². The molecule has 23 heavy (non-hydrogen) atoms. The SMILES string of the molecule is CCCCC(NC(=O)CN(C)S(C)(=O)=O)c1ccc(OC)cc1. The highest BCUT2D eigenvalue weighted by atomic mass is 32.2. The molecular formula is C16H26N2O4S. The third kappa shape index (κ3) is 6.58. The first-order valence-electron chi connectivity index (χ1n) is 7.62. The van der Waals surface area contributed by atoms with Gasteiger partial charge in [-0.05, 0) is 24.1 Å². The number of ether oxygens (including phenoxy) is 1. The number of carbonyl (C=O) groups is 1. The number of nitrogens with one attached hydrogen (secondary N) is 1. The predicted molar refractivity (Wildman–Crippen MR) is 90.9 cm³/mol. The molecule has 1 rings (SSSR count). The summed E-state index contributed by atoms with van der Waals surface area (Å²) in [4.78, 5) is 12.1. The summed E-state index contributed by atoms with van der Waals surface area (Å²) in [6.07, 6.45) is 3.88. The molecule has 0 fully saturated rings. The van der Waals surface area contributed by atoms with Crippen LogP contribution < -0.4 is 10.1 Å². The van der Waals surface area contributed by atoms with E-state index in [1.54, 1.807) is 7.11 Å². The van der Waals surface area contributed by atoms with Crippen molar-refractivity contribution in [1.82, 2.24) is 9.62 Å². The molecule has 6 nitrogen and oxygen atoms in total. The van der Waals surface area contributed by atoms with E-state index in [9.17, 15) is 13.2 Å². The summed E-state index contributed by atoms with van der Waals surface area (Å²) in [6.45, 7) is 1.90.